The highest BCUT2D eigenvalue weighted by Crippen LogP contribution is 2.38. The third-order valence-electron chi connectivity index (χ3n) is 12.7. The molecule has 3 aliphatic heterocycles. The molecule has 17 heteroatoms. The molecule has 11 nitrogen and oxygen atoms in total. The van der Waals surface area contributed by atoms with Crippen LogP contribution in [0.3, 0.4) is 0 Å². The molecule has 3 saturated heterocycles. The lowest BCUT2D eigenvalue weighted by molar-refractivity contribution is 0.0736. The Balaban J connectivity index is 0.000000178. The highest BCUT2D eigenvalue weighted by Gasteiger charge is 2.28. The zero-order valence-electron chi connectivity index (χ0n) is 40.0. The second kappa shape index (κ2) is 24.1. The molecular weight excluding hydrogens is 1020 g/mol. The number of benzene rings is 3. The van der Waals surface area contributed by atoms with Crippen molar-refractivity contribution < 1.29 is 9.59 Å². The van der Waals surface area contributed by atoms with E-state index < -0.39 is 0 Å². The molecule has 0 aliphatic carbocycles. The van der Waals surface area contributed by atoms with Crippen LogP contribution in [-0.2, 0) is 0 Å². The number of piperidine rings is 2. The lowest BCUT2D eigenvalue weighted by atomic mass is 10.1. The van der Waals surface area contributed by atoms with E-state index in [0.29, 0.717) is 42.9 Å². The summed E-state index contributed by atoms with van der Waals surface area (Å²) in [5.41, 5.74) is 12.3. The van der Waals surface area contributed by atoms with E-state index in [0.717, 1.165) is 119 Å². The average Bonchev–Trinajstić information content (AvgIpc) is 4.25. The predicted octanol–water partition coefficient (Wildman–Crippen LogP) is 12.5. The summed E-state index contributed by atoms with van der Waals surface area (Å²) in [5.74, 6) is 12.6. The van der Waals surface area contributed by atoms with Gasteiger partial charge in [-0.05, 0) is 138 Å². The van der Waals surface area contributed by atoms with E-state index in [2.05, 4.69) is 39.4 Å². The number of hydrogen-bond acceptors (Lipinski definition) is 9. The SMILES string of the molecule is Cc1c(C(=O)NN2CCCCC2)nn(-c2ccc(Cl)cc2Cl)c1-c1ccc(C#CCN2CCCC2)s1.Cc1c(C(=O)NN2CCCCC2)nn(-c2ccc(Cl)cc2Cl)c1-c1ccc(C#Cc2ccccc2)s1. The van der Waals surface area contributed by atoms with Crippen LogP contribution in [0, 0.1) is 37.5 Å². The number of nitrogens with one attached hydrogen (secondary N) is 2. The van der Waals surface area contributed by atoms with Gasteiger partial charge in [-0.15, -0.1) is 22.7 Å². The molecule has 7 aromatic rings. The molecule has 7 heterocycles. The molecule has 0 bridgehead atoms. The largest absolute Gasteiger partial charge is 0.292 e. The molecule has 3 aliphatic rings. The molecule has 3 fully saturated rings. The number of nitrogens with zero attached hydrogens (tertiary/aromatic N) is 7. The Kier molecular flexibility index (Phi) is 17.2. The van der Waals surface area contributed by atoms with Crippen molar-refractivity contribution in [1.82, 2.24) is 45.3 Å². The van der Waals surface area contributed by atoms with Crippen molar-refractivity contribution in [1.29, 1.82) is 0 Å². The lowest BCUT2D eigenvalue weighted by Crippen LogP contribution is -2.45. The Morgan fingerprint density at radius 2 is 1.01 bits per heavy atom. The summed E-state index contributed by atoms with van der Waals surface area (Å²) in [6, 6.07) is 28.5. The van der Waals surface area contributed by atoms with Crippen molar-refractivity contribution in [2.45, 2.75) is 65.2 Å². The maximum Gasteiger partial charge on any atom is 0.286 e. The molecule has 2 N–H and O–H groups in total. The quantitative estimate of drug-likeness (QED) is 0.139. The van der Waals surface area contributed by atoms with E-state index in [9.17, 15) is 9.59 Å². The van der Waals surface area contributed by atoms with E-state index >= 15 is 0 Å². The van der Waals surface area contributed by atoms with E-state index in [4.69, 9.17) is 56.6 Å². The fourth-order valence-corrected chi connectivity index (χ4v) is 11.9. The number of amides is 2. The number of aromatic nitrogens is 4. The zero-order valence-corrected chi connectivity index (χ0v) is 44.7. The molecule has 0 unspecified atom stereocenters. The van der Waals surface area contributed by atoms with Crippen LogP contribution < -0.4 is 10.9 Å². The van der Waals surface area contributed by atoms with Crippen molar-refractivity contribution in [3.8, 4) is 56.2 Å². The third kappa shape index (κ3) is 12.5. The molecule has 0 radical (unpaired) electrons. The van der Waals surface area contributed by atoms with Crippen molar-refractivity contribution in [3.63, 3.8) is 0 Å². The minimum Gasteiger partial charge on any atom is -0.292 e. The minimum absolute atomic E-state index is 0.207. The maximum absolute atomic E-state index is 13.3. The molecule has 10 rings (SSSR count). The van der Waals surface area contributed by atoms with Gasteiger partial charge in [0.2, 0.25) is 0 Å². The van der Waals surface area contributed by atoms with Crippen LogP contribution in [0.25, 0.3) is 32.5 Å². The summed E-state index contributed by atoms with van der Waals surface area (Å²) in [6.45, 7) is 10.3. The Morgan fingerprint density at radius 1 is 0.556 bits per heavy atom. The molecule has 72 heavy (non-hydrogen) atoms. The number of hydrogen-bond donors (Lipinski definition) is 2. The molecule has 370 valence electrons. The van der Waals surface area contributed by atoms with Crippen molar-refractivity contribution in [3.05, 3.63) is 149 Å². The standard InChI is InChI=1S/C28H24Cl2N4OS.C27H29Cl2N5OS/c1-19-26(28(35)32-33-16-6-3-7-17-33)31-34(24-14-11-21(29)18-23(24)30)27(19)25-15-13-22(36-25)12-10-20-8-4-2-5-9-20;1-19-25(27(35)31-33-16-3-2-4-17-33)30-34(23-11-9-20(28)18-22(23)29)26(19)24-12-10-21(36-24)8-7-15-32-13-5-6-14-32/h2,4-5,8-9,11,13-15,18H,3,6-7,16-17H2,1H3,(H,32,35);9-12,18H,2-6,13-17H2,1H3,(H,31,35). The first-order valence-electron chi connectivity index (χ1n) is 24.2. The number of hydrazine groups is 2. The molecule has 0 spiro atoms. The van der Waals surface area contributed by atoms with Gasteiger partial charge in [0.05, 0.1) is 58.9 Å². The van der Waals surface area contributed by atoms with Crippen LogP contribution in [0.1, 0.15) is 98.8 Å². The van der Waals surface area contributed by atoms with Crippen molar-refractivity contribution in [2.75, 3.05) is 45.8 Å². The van der Waals surface area contributed by atoms with Crippen LogP contribution >= 0.6 is 69.1 Å². The van der Waals surface area contributed by atoms with Crippen LogP contribution in [0.15, 0.2) is 91.0 Å². The highest BCUT2D eigenvalue weighted by atomic mass is 35.5. The summed E-state index contributed by atoms with van der Waals surface area (Å²) in [4.78, 5) is 32.7. The number of rotatable bonds is 9. The minimum atomic E-state index is -0.222. The summed E-state index contributed by atoms with van der Waals surface area (Å²) in [7, 11) is 0. The zero-order chi connectivity index (χ0) is 50.1. The smallest absolute Gasteiger partial charge is 0.286 e. The fraction of sp³-hybridized carbons (Fsp3) is 0.309. The van der Waals surface area contributed by atoms with E-state index in [1.165, 1.54) is 25.7 Å². The number of thiophene rings is 2. The van der Waals surface area contributed by atoms with Gasteiger partial charge >= 0.3 is 0 Å². The van der Waals surface area contributed by atoms with Crippen LogP contribution in [0.2, 0.25) is 20.1 Å². The van der Waals surface area contributed by atoms with E-state index in [1.807, 2.05) is 90.6 Å². The van der Waals surface area contributed by atoms with Gasteiger partial charge in [-0.3, -0.25) is 25.3 Å². The number of carbonyl (C=O) groups excluding carboxylic acids is 2. The third-order valence-corrected chi connectivity index (χ3v) is 15.8. The van der Waals surface area contributed by atoms with E-state index in [1.54, 1.807) is 56.3 Å². The van der Waals surface area contributed by atoms with Gasteiger partial charge in [-0.1, -0.05) is 101 Å². The first-order chi connectivity index (χ1) is 35.0. The Labute approximate surface area is 449 Å². The van der Waals surface area contributed by atoms with Gasteiger partial charge in [-0.25, -0.2) is 19.4 Å². The van der Waals surface area contributed by atoms with Crippen LogP contribution in [0.5, 0.6) is 0 Å². The number of halogens is 4. The predicted molar refractivity (Wildman–Crippen MR) is 294 cm³/mol. The van der Waals surface area contributed by atoms with E-state index in [-0.39, 0.29) is 11.8 Å². The van der Waals surface area contributed by atoms with Gasteiger partial charge in [0.15, 0.2) is 11.4 Å². The van der Waals surface area contributed by atoms with Gasteiger partial charge < -0.3 is 0 Å². The normalized spacial score (nSPS) is 15.2. The van der Waals surface area contributed by atoms with Crippen molar-refractivity contribution in [2.24, 2.45) is 0 Å². The second-order valence-electron chi connectivity index (χ2n) is 17.9. The summed E-state index contributed by atoms with van der Waals surface area (Å²) < 4.78 is 3.49. The molecule has 0 saturated carbocycles. The first-order valence-corrected chi connectivity index (χ1v) is 27.3. The fourth-order valence-electron chi connectivity index (χ4n) is 8.96. The van der Waals surface area contributed by atoms with Crippen LogP contribution in [-0.4, -0.2) is 92.1 Å². The Bertz CT molecular complexity index is 3190. The number of carbonyl (C=O) groups is 2. The summed E-state index contributed by atoms with van der Waals surface area (Å²) in [5, 5.41) is 15.4. The summed E-state index contributed by atoms with van der Waals surface area (Å²) in [6.07, 6.45) is 9.20. The monoisotopic (exact) mass is 1080 g/mol. The summed E-state index contributed by atoms with van der Waals surface area (Å²) >= 11 is 28.6. The Hall–Kier alpha value is -5.42. The first kappa shape index (κ1) is 51.5. The maximum atomic E-state index is 13.3. The molecule has 0 atom stereocenters. The highest BCUT2D eigenvalue weighted by molar-refractivity contribution is 7.16. The van der Waals surface area contributed by atoms with Crippen molar-refractivity contribution >= 4 is 80.9 Å². The average molecular weight is 1080 g/mol. The lowest BCUT2D eigenvalue weighted by Gasteiger charge is -2.26. The van der Waals surface area contributed by atoms with Gasteiger partial charge in [-0.2, -0.15) is 10.2 Å². The topological polar surface area (TPSA) is 104 Å². The molecule has 4 aromatic heterocycles. The molecule has 2 amide bonds. The second-order valence-corrected chi connectivity index (χ2v) is 21.7. The van der Waals surface area contributed by atoms with Gasteiger partial charge in [0, 0.05) is 52.9 Å². The molecule has 3 aromatic carbocycles. The number of likely N-dealkylation sites (tertiary alicyclic amines) is 1. The molecular formula is C55H53Cl4N9O2S2. The Morgan fingerprint density at radius 3 is 1.49 bits per heavy atom. The van der Waals surface area contributed by atoms with Crippen LogP contribution in [0.4, 0.5) is 0 Å². The van der Waals surface area contributed by atoms with Gasteiger partial charge in [0.25, 0.3) is 11.8 Å². The van der Waals surface area contributed by atoms with Gasteiger partial charge in [0.1, 0.15) is 0 Å².